The van der Waals surface area contributed by atoms with Gasteiger partial charge in [-0.3, -0.25) is 14.9 Å². The number of nitrogens with two attached hydrogens (primary N) is 1. The summed E-state index contributed by atoms with van der Waals surface area (Å²) in [7, 11) is 1.59. The van der Waals surface area contributed by atoms with E-state index in [2.05, 4.69) is 9.97 Å². The van der Waals surface area contributed by atoms with E-state index in [0.29, 0.717) is 5.82 Å². The SMILES string of the molecule is CN(Cc1ncc[nH]1)C(=O)c1ccc(N)c([N+](=O)[O-])c1. The first-order valence-electron chi connectivity index (χ1n) is 5.76. The number of rotatable bonds is 4. The zero-order valence-corrected chi connectivity index (χ0v) is 10.7. The Morgan fingerprint density at radius 1 is 1.55 bits per heavy atom. The molecule has 0 spiro atoms. The molecule has 104 valence electrons. The summed E-state index contributed by atoms with van der Waals surface area (Å²) in [6.45, 7) is 0.282. The fourth-order valence-electron chi connectivity index (χ4n) is 1.74. The second-order valence-electron chi connectivity index (χ2n) is 4.23. The van der Waals surface area contributed by atoms with Crippen molar-refractivity contribution in [1.82, 2.24) is 14.9 Å². The summed E-state index contributed by atoms with van der Waals surface area (Å²) >= 11 is 0. The van der Waals surface area contributed by atoms with Crippen LogP contribution in [-0.2, 0) is 6.54 Å². The van der Waals surface area contributed by atoms with Crippen molar-refractivity contribution >= 4 is 17.3 Å². The first kappa shape index (κ1) is 13.5. The molecule has 20 heavy (non-hydrogen) atoms. The number of H-pyrrole nitrogens is 1. The van der Waals surface area contributed by atoms with Crippen molar-refractivity contribution in [2.75, 3.05) is 12.8 Å². The number of aromatic amines is 1. The first-order chi connectivity index (χ1) is 9.49. The summed E-state index contributed by atoms with van der Waals surface area (Å²) in [5, 5.41) is 10.8. The van der Waals surface area contributed by atoms with Crippen LogP contribution in [0.2, 0.25) is 0 Å². The highest BCUT2D eigenvalue weighted by Gasteiger charge is 2.18. The molecule has 0 aliphatic rings. The molecule has 1 heterocycles. The van der Waals surface area contributed by atoms with Crippen LogP contribution in [0.15, 0.2) is 30.6 Å². The number of amides is 1. The molecule has 1 aromatic heterocycles. The Balaban J connectivity index is 2.20. The molecule has 0 aliphatic carbocycles. The van der Waals surface area contributed by atoms with Crippen molar-refractivity contribution < 1.29 is 9.72 Å². The van der Waals surface area contributed by atoms with Crippen LogP contribution in [0.5, 0.6) is 0 Å². The van der Waals surface area contributed by atoms with Crippen molar-refractivity contribution in [3.8, 4) is 0 Å². The van der Waals surface area contributed by atoms with E-state index in [-0.39, 0.29) is 29.4 Å². The number of imidazole rings is 1. The number of carbonyl (C=O) groups excluding carboxylic acids is 1. The number of hydrogen-bond donors (Lipinski definition) is 2. The van der Waals surface area contributed by atoms with E-state index >= 15 is 0 Å². The largest absolute Gasteiger partial charge is 0.393 e. The van der Waals surface area contributed by atoms with Crippen LogP contribution in [-0.4, -0.2) is 32.7 Å². The second-order valence-corrected chi connectivity index (χ2v) is 4.23. The molecular weight excluding hydrogens is 262 g/mol. The maximum Gasteiger partial charge on any atom is 0.292 e. The summed E-state index contributed by atoms with van der Waals surface area (Å²) in [5.41, 5.74) is 5.46. The normalized spacial score (nSPS) is 10.2. The van der Waals surface area contributed by atoms with Crippen molar-refractivity contribution in [3.63, 3.8) is 0 Å². The van der Waals surface area contributed by atoms with Gasteiger partial charge in [-0.25, -0.2) is 4.98 Å². The van der Waals surface area contributed by atoms with E-state index in [0.717, 1.165) is 0 Å². The molecule has 0 unspecified atom stereocenters. The van der Waals surface area contributed by atoms with Crippen LogP contribution < -0.4 is 5.73 Å². The van der Waals surface area contributed by atoms with Gasteiger partial charge in [0, 0.05) is 31.1 Å². The van der Waals surface area contributed by atoms with E-state index in [4.69, 9.17) is 5.73 Å². The molecule has 0 aliphatic heterocycles. The van der Waals surface area contributed by atoms with Crippen LogP contribution in [0.1, 0.15) is 16.2 Å². The number of carbonyl (C=O) groups is 1. The number of nitro groups is 1. The smallest absolute Gasteiger partial charge is 0.292 e. The number of hydrogen-bond acceptors (Lipinski definition) is 5. The number of nitro benzene ring substituents is 1. The molecule has 1 aromatic carbocycles. The van der Waals surface area contributed by atoms with Gasteiger partial charge in [-0.15, -0.1) is 0 Å². The number of benzene rings is 1. The Hall–Kier alpha value is -2.90. The van der Waals surface area contributed by atoms with Gasteiger partial charge in [0.05, 0.1) is 11.5 Å². The summed E-state index contributed by atoms with van der Waals surface area (Å²) in [4.78, 5) is 30.7. The molecule has 3 N–H and O–H groups in total. The third kappa shape index (κ3) is 2.74. The first-order valence-corrected chi connectivity index (χ1v) is 5.76. The minimum atomic E-state index is -0.612. The van der Waals surface area contributed by atoms with Gasteiger partial charge in [0.25, 0.3) is 11.6 Å². The Morgan fingerprint density at radius 2 is 2.30 bits per heavy atom. The molecule has 0 bridgehead atoms. The van der Waals surface area contributed by atoms with Crippen molar-refractivity contribution in [2.45, 2.75) is 6.54 Å². The van der Waals surface area contributed by atoms with E-state index in [1.165, 1.54) is 23.1 Å². The molecule has 0 saturated heterocycles. The van der Waals surface area contributed by atoms with E-state index < -0.39 is 4.92 Å². The van der Waals surface area contributed by atoms with E-state index in [1.54, 1.807) is 19.4 Å². The van der Waals surface area contributed by atoms with E-state index in [1.807, 2.05) is 0 Å². The Labute approximate surface area is 114 Å². The summed E-state index contributed by atoms with van der Waals surface area (Å²) in [5.74, 6) is 0.287. The fourth-order valence-corrected chi connectivity index (χ4v) is 1.74. The molecule has 8 nitrogen and oxygen atoms in total. The van der Waals surface area contributed by atoms with Gasteiger partial charge >= 0.3 is 0 Å². The molecule has 0 saturated carbocycles. The highest BCUT2D eigenvalue weighted by atomic mass is 16.6. The topological polar surface area (TPSA) is 118 Å². The monoisotopic (exact) mass is 275 g/mol. The molecule has 0 fully saturated rings. The summed E-state index contributed by atoms with van der Waals surface area (Å²) in [6.07, 6.45) is 3.24. The van der Waals surface area contributed by atoms with Gasteiger partial charge in [-0.05, 0) is 12.1 Å². The van der Waals surface area contributed by atoms with Crippen LogP contribution in [0.25, 0.3) is 0 Å². The van der Waals surface area contributed by atoms with E-state index in [9.17, 15) is 14.9 Å². The summed E-state index contributed by atoms with van der Waals surface area (Å²) < 4.78 is 0. The second kappa shape index (κ2) is 5.39. The summed E-state index contributed by atoms with van der Waals surface area (Å²) in [6, 6.07) is 3.99. The quantitative estimate of drug-likeness (QED) is 0.493. The maximum atomic E-state index is 12.2. The maximum absolute atomic E-state index is 12.2. The minimum absolute atomic E-state index is 0.0280. The number of nitrogen functional groups attached to an aromatic ring is 1. The van der Waals surface area contributed by atoms with Gasteiger partial charge in [-0.2, -0.15) is 0 Å². The number of aromatic nitrogens is 2. The zero-order chi connectivity index (χ0) is 14.7. The molecule has 8 heteroatoms. The van der Waals surface area contributed by atoms with Crippen LogP contribution in [0.4, 0.5) is 11.4 Å². The molecule has 1 amide bonds. The number of nitrogens with one attached hydrogen (secondary N) is 1. The molecule has 0 atom stereocenters. The van der Waals surface area contributed by atoms with Gasteiger partial charge < -0.3 is 15.6 Å². The fraction of sp³-hybridized carbons (Fsp3) is 0.167. The lowest BCUT2D eigenvalue weighted by Crippen LogP contribution is -2.26. The lowest BCUT2D eigenvalue weighted by molar-refractivity contribution is -0.383. The highest BCUT2D eigenvalue weighted by molar-refractivity contribution is 5.95. The lowest BCUT2D eigenvalue weighted by atomic mass is 10.1. The lowest BCUT2D eigenvalue weighted by Gasteiger charge is -2.15. The highest BCUT2D eigenvalue weighted by Crippen LogP contribution is 2.23. The standard InChI is InChI=1S/C12H13N5O3/c1-16(7-11-14-4-5-15-11)12(18)8-2-3-9(13)10(6-8)17(19)20/h2-6H,7,13H2,1H3,(H,14,15). The average Bonchev–Trinajstić information content (AvgIpc) is 2.91. The van der Waals surface area contributed by atoms with Gasteiger partial charge in [0.15, 0.2) is 0 Å². The molecule has 2 aromatic rings. The Kier molecular flexibility index (Phi) is 3.65. The average molecular weight is 275 g/mol. The zero-order valence-electron chi connectivity index (χ0n) is 10.7. The minimum Gasteiger partial charge on any atom is -0.393 e. The third-order valence-corrected chi connectivity index (χ3v) is 2.76. The predicted octanol–water partition coefficient (Wildman–Crippen LogP) is 1.17. The van der Waals surface area contributed by atoms with Crippen LogP contribution >= 0.6 is 0 Å². The van der Waals surface area contributed by atoms with Crippen LogP contribution in [0.3, 0.4) is 0 Å². The van der Waals surface area contributed by atoms with Crippen molar-refractivity contribution in [3.05, 3.63) is 52.1 Å². The molecule has 2 rings (SSSR count). The van der Waals surface area contributed by atoms with Gasteiger partial charge in [-0.1, -0.05) is 0 Å². The molecular formula is C12H13N5O3. The van der Waals surface area contributed by atoms with Crippen LogP contribution in [0, 0.1) is 10.1 Å². The molecule has 0 radical (unpaired) electrons. The van der Waals surface area contributed by atoms with Gasteiger partial charge in [0.1, 0.15) is 11.5 Å². The Bertz CT molecular complexity index is 639. The third-order valence-electron chi connectivity index (χ3n) is 2.76. The van der Waals surface area contributed by atoms with Crippen molar-refractivity contribution in [1.29, 1.82) is 0 Å². The van der Waals surface area contributed by atoms with Gasteiger partial charge in [0.2, 0.25) is 0 Å². The number of anilines is 1. The Morgan fingerprint density at radius 3 is 2.90 bits per heavy atom. The predicted molar refractivity (Wildman–Crippen MR) is 71.9 cm³/mol. The van der Waals surface area contributed by atoms with Crippen molar-refractivity contribution in [2.24, 2.45) is 0 Å². The number of nitrogens with zero attached hydrogens (tertiary/aromatic N) is 3.